The van der Waals surface area contributed by atoms with Crippen molar-refractivity contribution in [1.82, 2.24) is 10.2 Å². The van der Waals surface area contributed by atoms with Gasteiger partial charge in [-0.25, -0.2) is 4.39 Å². The van der Waals surface area contributed by atoms with E-state index < -0.39 is 17.7 Å². The lowest BCUT2D eigenvalue weighted by molar-refractivity contribution is -0.133. The van der Waals surface area contributed by atoms with E-state index in [1.54, 1.807) is 0 Å². The largest absolute Gasteiger partial charge is 0.508 e. The lowest BCUT2D eigenvalue weighted by Gasteiger charge is -2.02. The zero-order valence-electron chi connectivity index (χ0n) is 10.2. The molecule has 21 heavy (non-hydrogen) atoms. The molecule has 0 spiro atoms. The zero-order valence-corrected chi connectivity index (χ0v) is 11.9. The molecule has 1 aromatic heterocycles. The first-order valence-electron chi connectivity index (χ1n) is 5.43. The minimum atomic E-state index is -0.994. The van der Waals surface area contributed by atoms with Gasteiger partial charge >= 0.3 is 5.97 Å². The maximum atomic E-state index is 13.5. The van der Waals surface area contributed by atoms with Crippen LogP contribution in [0, 0.1) is 5.82 Å². The average molecular weight is 329 g/mol. The Morgan fingerprint density at radius 2 is 2.14 bits per heavy atom. The molecule has 0 saturated carbocycles. The van der Waals surface area contributed by atoms with Crippen molar-refractivity contribution in [2.45, 2.75) is 4.34 Å². The summed E-state index contributed by atoms with van der Waals surface area (Å²) in [5.41, 5.74) is -0.247. The molecule has 0 aliphatic carbocycles. The monoisotopic (exact) mass is 329 g/mol. The highest BCUT2D eigenvalue weighted by Gasteiger charge is 2.15. The Balaban J connectivity index is 2.04. The second-order valence-electron chi connectivity index (χ2n) is 3.67. The Hall–Kier alpha value is -2.20. The Morgan fingerprint density at radius 1 is 1.38 bits per heavy atom. The molecule has 2 aromatic rings. The number of halogens is 1. The van der Waals surface area contributed by atoms with Crippen LogP contribution in [0.25, 0.3) is 0 Å². The standard InChI is InChI=1S/C11H8FN3O4S2/c12-7-3-5(16)1-2-6(7)9(19)13-10-14-15-11(21-10)20-4-8(17)18/h1-3,16H,4H2,(H,17,18)(H,13,14,19). The lowest BCUT2D eigenvalue weighted by Crippen LogP contribution is -2.13. The number of carboxylic acid groups (broad SMARTS) is 1. The van der Waals surface area contributed by atoms with Crippen molar-refractivity contribution in [3.63, 3.8) is 0 Å². The van der Waals surface area contributed by atoms with E-state index in [1.165, 1.54) is 6.07 Å². The molecule has 0 unspecified atom stereocenters. The number of hydrogen-bond donors (Lipinski definition) is 3. The topological polar surface area (TPSA) is 112 Å². The van der Waals surface area contributed by atoms with Gasteiger partial charge in [0.2, 0.25) is 5.13 Å². The van der Waals surface area contributed by atoms with Crippen LogP contribution in [0.3, 0.4) is 0 Å². The van der Waals surface area contributed by atoms with E-state index in [9.17, 15) is 14.0 Å². The molecule has 110 valence electrons. The van der Waals surface area contributed by atoms with Gasteiger partial charge in [-0.05, 0) is 12.1 Å². The molecule has 0 bridgehead atoms. The fourth-order valence-corrected chi connectivity index (χ4v) is 2.76. The van der Waals surface area contributed by atoms with Gasteiger partial charge in [-0.2, -0.15) is 0 Å². The zero-order chi connectivity index (χ0) is 15.4. The number of benzene rings is 1. The highest BCUT2D eigenvalue weighted by Crippen LogP contribution is 2.26. The number of thioether (sulfide) groups is 1. The first-order chi connectivity index (χ1) is 9.95. The second kappa shape index (κ2) is 6.50. The van der Waals surface area contributed by atoms with Crippen molar-refractivity contribution in [1.29, 1.82) is 0 Å². The molecule has 3 N–H and O–H groups in total. The summed E-state index contributed by atoms with van der Waals surface area (Å²) in [5, 5.41) is 27.4. The van der Waals surface area contributed by atoms with Crippen LogP contribution >= 0.6 is 23.1 Å². The number of hydrogen-bond acceptors (Lipinski definition) is 7. The van der Waals surface area contributed by atoms with Crippen LogP contribution < -0.4 is 5.32 Å². The summed E-state index contributed by atoms with van der Waals surface area (Å²) in [7, 11) is 0. The van der Waals surface area contributed by atoms with E-state index >= 15 is 0 Å². The molecular formula is C11H8FN3O4S2. The van der Waals surface area contributed by atoms with Gasteiger partial charge in [-0.1, -0.05) is 23.1 Å². The summed E-state index contributed by atoms with van der Waals surface area (Å²) in [6.45, 7) is 0. The molecule has 0 atom stereocenters. The third-order valence-electron chi connectivity index (χ3n) is 2.14. The van der Waals surface area contributed by atoms with E-state index in [2.05, 4.69) is 15.5 Å². The predicted molar refractivity (Wildman–Crippen MR) is 74.3 cm³/mol. The van der Waals surface area contributed by atoms with Gasteiger partial charge < -0.3 is 10.2 Å². The fourth-order valence-electron chi connectivity index (χ4n) is 1.29. The number of aliphatic carboxylic acids is 1. The number of carboxylic acids is 1. The van der Waals surface area contributed by atoms with Gasteiger partial charge in [0, 0.05) is 6.07 Å². The van der Waals surface area contributed by atoms with E-state index in [1.807, 2.05) is 0 Å². The minimum Gasteiger partial charge on any atom is -0.508 e. The van der Waals surface area contributed by atoms with Gasteiger partial charge in [0.1, 0.15) is 11.6 Å². The van der Waals surface area contributed by atoms with Crippen molar-refractivity contribution in [3.8, 4) is 5.75 Å². The Morgan fingerprint density at radius 3 is 2.81 bits per heavy atom. The van der Waals surface area contributed by atoms with Crippen LogP contribution in [0.5, 0.6) is 5.75 Å². The first-order valence-corrected chi connectivity index (χ1v) is 7.24. The third-order valence-corrected chi connectivity index (χ3v) is 4.10. The predicted octanol–water partition coefficient (Wildman–Crippen LogP) is 1.81. The number of anilines is 1. The summed E-state index contributed by atoms with van der Waals surface area (Å²) in [4.78, 5) is 22.2. The van der Waals surface area contributed by atoms with Crippen LogP contribution in [0.2, 0.25) is 0 Å². The number of amides is 1. The molecule has 10 heteroatoms. The number of phenols is 1. The van der Waals surface area contributed by atoms with Crippen molar-refractivity contribution >= 4 is 40.1 Å². The number of aromatic nitrogens is 2. The van der Waals surface area contributed by atoms with Gasteiger partial charge in [0.25, 0.3) is 5.91 Å². The van der Waals surface area contributed by atoms with Gasteiger partial charge in [-0.15, -0.1) is 10.2 Å². The van der Waals surface area contributed by atoms with Gasteiger partial charge in [0.05, 0.1) is 11.3 Å². The van der Waals surface area contributed by atoms with Crippen LogP contribution in [0.1, 0.15) is 10.4 Å². The van der Waals surface area contributed by atoms with Crippen molar-refractivity contribution in [2.75, 3.05) is 11.1 Å². The summed E-state index contributed by atoms with van der Waals surface area (Å²) in [5.74, 6) is -3.05. The Bertz CT molecular complexity index is 692. The maximum absolute atomic E-state index is 13.5. The third kappa shape index (κ3) is 4.13. The molecule has 0 aliphatic heterocycles. The van der Waals surface area contributed by atoms with E-state index in [0.717, 1.165) is 35.2 Å². The van der Waals surface area contributed by atoms with Gasteiger partial charge in [0.15, 0.2) is 4.34 Å². The number of carbonyl (C=O) groups excluding carboxylic acids is 1. The first kappa shape index (κ1) is 15.2. The fraction of sp³-hybridized carbons (Fsp3) is 0.0909. The van der Waals surface area contributed by atoms with E-state index in [-0.39, 0.29) is 22.2 Å². The van der Waals surface area contributed by atoms with Crippen LogP contribution in [-0.4, -0.2) is 38.0 Å². The summed E-state index contributed by atoms with van der Waals surface area (Å²) in [6, 6.07) is 3.15. The summed E-state index contributed by atoms with van der Waals surface area (Å²) >= 11 is 1.94. The molecular weight excluding hydrogens is 321 g/mol. The quantitative estimate of drug-likeness (QED) is 0.566. The average Bonchev–Trinajstić information content (AvgIpc) is 2.83. The summed E-state index contributed by atoms with van der Waals surface area (Å²) < 4.78 is 13.9. The second-order valence-corrected chi connectivity index (χ2v) is 5.87. The van der Waals surface area contributed by atoms with Crippen molar-refractivity contribution in [3.05, 3.63) is 29.6 Å². The molecule has 1 aromatic carbocycles. The normalized spacial score (nSPS) is 10.3. The van der Waals surface area contributed by atoms with E-state index in [4.69, 9.17) is 10.2 Å². The highest BCUT2D eigenvalue weighted by atomic mass is 32.2. The van der Waals surface area contributed by atoms with Crippen molar-refractivity contribution < 1.29 is 24.2 Å². The molecule has 0 aliphatic rings. The molecule has 1 amide bonds. The van der Waals surface area contributed by atoms with Crippen LogP contribution in [0.4, 0.5) is 9.52 Å². The number of nitrogens with one attached hydrogen (secondary N) is 1. The number of rotatable bonds is 5. The molecule has 2 rings (SSSR count). The minimum absolute atomic E-state index is 0.125. The van der Waals surface area contributed by atoms with Crippen molar-refractivity contribution in [2.24, 2.45) is 0 Å². The van der Waals surface area contributed by atoms with E-state index in [0.29, 0.717) is 4.34 Å². The lowest BCUT2D eigenvalue weighted by atomic mass is 10.2. The SMILES string of the molecule is O=C(O)CSc1nnc(NC(=O)c2ccc(O)cc2F)s1. The number of nitrogens with zero attached hydrogens (tertiary/aromatic N) is 2. The molecule has 1 heterocycles. The molecule has 0 saturated heterocycles. The highest BCUT2D eigenvalue weighted by molar-refractivity contribution is 8.01. The molecule has 0 fully saturated rings. The maximum Gasteiger partial charge on any atom is 0.313 e. The Kier molecular flexibility index (Phi) is 4.70. The number of carbonyl (C=O) groups is 2. The van der Waals surface area contributed by atoms with Crippen LogP contribution in [-0.2, 0) is 4.79 Å². The summed E-state index contributed by atoms with van der Waals surface area (Å²) in [6.07, 6.45) is 0. The Labute approximate surface area is 125 Å². The number of aromatic hydroxyl groups is 1. The molecule has 0 radical (unpaired) electrons. The smallest absolute Gasteiger partial charge is 0.313 e. The number of phenolic OH excluding ortho intramolecular Hbond substituents is 1. The van der Waals surface area contributed by atoms with Gasteiger partial charge in [-0.3, -0.25) is 14.9 Å². The van der Waals surface area contributed by atoms with Crippen LogP contribution in [0.15, 0.2) is 22.5 Å². The molecule has 7 nitrogen and oxygen atoms in total.